The molecular weight excluding hydrogens is 142 g/mol. The Morgan fingerprint density at radius 2 is 2.00 bits per heavy atom. The van der Waals surface area contributed by atoms with Crippen LogP contribution < -0.4 is 5.32 Å². The Labute approximate surface area is 66.1 Å². The van der Waals surface area contributed by atoms with Gasteiger partial charge in [0.2, 0.25) is 0 Å². The molecule has 0 unspecified atom stereocenters. The third kappa shape index (κ3) is 1.19. The van der Waals surface area contributed by atoms with Gasteiger partial charge in [-0.3, -0.25) is 0 Å². The molecular formula is C8H13NO2. The molecule has 3 heteroatoms. The van der Waals surface area contributed by atoms with Gasteiger partial charge in [-0.15, -0.1) is 0 Å². The average Bonchev–Trinajstić information content (AvgIpc) is 2.34. The van der Waals surface area contributed by atoms with Crippen molar-refractivity contribution in [3.63, 3.8) is 0 Å². The van der Waals surface area contributed by atoms with Gasteiger partial charge in [-0.2, -0.15) is 0 Å². The second-order valence-electron chi connectivity index (χ2n) is 3.49. The van der Waals surface area contributed by atoms with Crippen molar-refractivity contribution < 1.29 is 9.53 Å². The van der Waals surface area contributed by atoms with E-state index in [4.69, 9.17) is 4.74 Å². The number of amides is 1. The van der Waals surface area contributed by atoms with E-state index in [2.05, 4.69) is 5.32 Å². The van der Waals surface area contributed by atoms with Crippen molar-refractivity contribution in [3.8, 4) is 0 Å². The van der Waals surface area contributed by atoms with Crippen molar-refractivity contribution in [2.75, 3.05) is 6.54 Å². The smallest absolute Gasteiger partial charge is 0.407 e. The van der Waals surface area contributed by atoms with Crippen LogP contribution in [0, 0.1) is 0 Å². The van der Waals surface area contributed by atoms with Crippen LogP contribution in [-0.4, -0.2) is 18.2 Å². The summed E-state index contributed by atoms with van der Waals surface area (Å²) in [6, 6.07) is 0. The fourth-order valence-electron chi connectivity index (χ4n) is 1.98. The summed E-state index contributed by atoms with van der Waals surface area (Å²) >= 11 is 0. The van der Waals surface area contributed by atoms with Crippen LogP contribution in [0.5, 0.6) is 0 Å². The van der Waals surface area contributed by atoms with Crippen molar-refractivity contribution in [2.24, 2.45) is 0 Å². The van der Waals surface area contributed by atoms with Crippen molar-refractivity contribution in [1.82, 2.24) is 5.32 Å². The SMILES string of the molecule is O=C1NCC2(CCCCC2)O1. The monoisotopic (exact) mass is 155 g/mol. The zero-order chi connectivity index (χ0) is 7.73. The van der Waals surface area contributed by atoms with Gasteiger partial charge in [-0.1, -0.05) is 6.42 Å². The van der Waals surface area contributed by atoms with Crippen LogP contribution in [0.2, 0.25) is 0 Å². The van der Waals surface area contributed by atoms with Crippen molar-refractivity contribution in [1.29, 1.82) is 0 Å². The summed E-state index contributed by atoms with van der Waals surface area (Å²) in [6.07, 6.45) is 5.56. The van der Waals surface area contributed by atoms with E-state index in [9.17, 15) is 4.79 Å². The highest BCUT2D eigenvalue weighted by molar-refractivity contribution is 5.70. The molecule has 1 aliphatic carbocycles. The highest BCUT2D eigenvalue weighted by Crippen LogP contribution is 2.33. The van der Waals surface area contributed by atoms with Crippen LogP contribution in [0.25, 0.3) is 0 Å². The first-order valence-corrected chi connectivity index (χ1v) is 4.28. The van der Waals surface area contributed by atoms with Crippen LogP contribution in [0.15, 0.2) is 0 Å². The second-order valence-corrected chi connectivity index (χ2v) is 3.49. The lowest BCUT2D eigenvalue weighted by Gasteiger charge is -2.29. The Balaban J connectivity index is 2.03. The zero-order valence-corrected chi connectivity index (χ0v) is 6.56. The Morgan fingerprint density at radius 1 is 1.27 bits per heavy atom. The van der Waals surface area contributed by atoms with E-state index >= 15 is 0 Å². The Kier molecular flexibility index (Phi) is 1.51. The summed E-state index contributed by atoms with van der Waals surface area (Å²) in [5.74, 6) is 0. The third-order valence-corrected chi connectivity index (χ3v) is 2.63. The number of hydrogen-bond donors (Lipinski definition) is 1. The van der Waals surface area contributed by atoms with Crippen LogP contribution in [-0.2, 0) is 4.74 Å². The maximum absolute atomic E-state index is 10.8. The van der Waals surface area contributed by atoms with Gasteiger partial charge >= 0.3 is 6.09 Å². The first-order chi connectivity index (χ1) is 5.31. The third-order valence-electron chi connectivity index (χ3n) is 2.63. The highest BCUT2D eigenvalue weighted by atomic mass is 16.6. The van der Waals surface area contributed by atoms with Gasteiger partial charge in [0, 0.05) is 0 Å². The molecule has 1 heterocycles. The fourth-order valence-corrected chi connectivity index (χ4v) is 1.98. The quantitative estimate of drug-likeness (QED) is 0.574. The fraction of sp³-hybridized carbons (Fsp3) is 0.875. The molecule has 1 saturated carbocycles. The summed E-state index contributed by atoms with van der Waals surface area (Å²) < 4.78 is 5.24. The minimum atomic E-state index is -0.230. The molecule has 0 radical (unpaired) electrons. The molecule has 0 aromatic carbocycles. The maximum Gasteiger partial charge on any atom is 0.407 e. The van der Waals surface area contributed by atoms with Crippen LogP contribution in [0.4, 0.5) is 4.79 Å². The minimum absolute atomic E-state index is 0.116. The molecule has 62 valence electrons. The van der Waals surface area contributed by atoms with Gasteiger partial charge < -0.3 is 10.1 Å². The predicted molar refractivity (Wildman–Crippen MR) is 40.3 cm³/mol. The van der Waals surface area contributed by atoms with E-state index in [0.29, 0.717) is 0 Å². The van der Waals surface area contributed by atoms with Crippen molar-refractivity contribution >= 4 is 6.09 Å². The second kappa shape index (κ2) is 2.40. The number of hydrogen-bond acceptors (Lipinski definition) is 2. The predicted octanol–water partition coefficient (Wildman–Crippen LogP) is 1.43. The zero-order valence-electron chi connectivity index (χ0n) is 6.56. The van der Waals surface area contributed by atoms with Crippen molar-refractivity contribution in [3.05, 3.63) is 0 Å². The van der Waals surface area contributed by atoms with E-state index in [-0.39, 0.29) is 11.7 Å². The van der Waals surface area contributed by atoms with Crippen molar-refractivity contribution in [2.45, 2.75) is 37.7 Å². The molecule has 2 rings (SSSR count). The Morgan fingerprint density at radius 3 is 2.55 bits per heavy atom. The molecule has 1 N–H and O–H groups in total. The molecule has 2 aliphatic rings. The van der Waals surface area contributed by atoms with E-state index in [1.54, 1.807) is 0 Å². The Bertz CT molecular complexity index is 173. The standard InChI is InChI=1S/C8H13NO2/c10-7-9-6-8(11-7)4-2-1-3-5-8/h1-6H2,(H,9,10). The highest BCUT2D eigenvalue weighted by Gasteiger charge is 2.40. The number of alkyl carbamates (subject to hydrolysis) is 1. The lowest BCUT2D eigenvalue weighted by atomic mass is 9.85. The van der Waals surface area contributed by atoms with Gasteiger partial charge in [0.25, 0.3) is 0 Å². The molecule has 0 aromatic rings. The molecule has 3 nitrogen and oxygen atoms in total. The van der Waals surface area contributed by atoms with Crippen LogP contribution >= 0.6 is 0 Å². The van der Waals surface area contributed by atoms with Crippen LogP contribution in [0.1, 0.15) is 32.1 Å². The summed E-state index contributed by atoms with van der Waals surface area (Å²) in [5, 5.41) is 2.72. The van der Waals surface area contributed by atoms with E-state index in [1.165, 1.54) is 19.3 Å². The lowest BCUT2D eigenvalue weighted by Crippen LogP contribution is -2.35. The first kappa shape index (κ1) is 6.95. The van der Waals surface area contributed by atoms with Crippen LogP contribution in [0.3, 0.4) is 0 Å². The molecule has 0 aromatic heterocycles. The van der Waals surface area contributed by atoms with Gasteiger partial charge in [0.1, 0.15) is 5.60 Å². The molecule has 0 atom stereocenters. The average molecular weight is 155 g/mol. The Hall–Kier alpha value is -0.730. The van der Waals surface area contributed by atoms with E-state index in [0.717, 1.165) is 19.4 Å². The van der Waals surface area contributed by atoms with Gasteiger partial charge in [-0.25, -0.2) is 4.79 Å². The number of carbonyl (C=O) groups is 1. The summed E-state index contributed by atoms with van der Waals surface area (Å²) in [5.41, 5.74) is -0.116. The number of carbonyl (C=O) groups excluding carboxylic acids is 1. The molecule has 2 fully saturated rings. The molecule has 1 saturated heterocycles. The molecule has 0 bridgehead atoms. The first-order valence-electron chi connectivity index (χ1n) is 4.28. The maximum atomic E-state index is 10.8. The van der Waals surface area contributed by atoms with E-state index in [1.807, 2.05) is 0 Å². The molecule has 1 spiro atoms. The number of rotatable bonds is 0. The summed E-state index contributed by atoms with van der Waals surface area (Å²) in [6.45, 7) is 0.728. The summed E-state index contributed by atoms with van der Waals surface area (Å²) in [7, 11) is 0. The molecule has 11 heavy (non-hydrogen) atoms. The largest absolute Gasteiger partial charge is 0.441 e. The lowest BCUT2D eigenvalue weighted by molar-refractivity contribution is 0.0260. The molecule has 1 aliphatic heterocycles. The van der Waals surface area contributed by atoms with E-state index < -0.39 is 0 Å². The van der Waals surface area contributed by atoms with Gasteiger partial charge in [0.05, 0.1) is 6.54 Å². The molecule has 1 amide bonds. The normalized spacial score (nSPS) is 28.2. The number of nitrogens with one attached hydrogen (secondary N) is 1. The van der Waals surface area contributed by atoms with Gasteiger partial charge in [0.15, 0.2) is 0 Å². The number of ether oxygens (including phenoxy) is 1. The topological polar surface area (TPSA) is 38.3 Å². The minimum Gasteiger partial charge on any atom is -0.441 e. The van der Waals surface area contributed by atoms with Gasteiger partial charge in [-0.05, 0) is 25.7 Å². The summed E-state index contributed by atoms with van der Waals surface area (Å²) in [4.78, 5) is 10.8.